The molecule has 2 heterocycles. The maximum atomic E-state index is 5.84. The molecule has 0 spiro atoms. The molecule has 1 aromatic heterocycles. The van der Waals surface area contributed by atoms with Crippen molar-refractivity contribution in [2.24, 2.45) is 10.9 Å². The Morgan fingerprint density at radius 2 is 2.00 bits per heavy atom. The molecule has 2 rings (SSSR count). The van der Waals surface area contributed by atoms with Gasteiger partial charge in [-0.2, -0.15) is 0 Å². The Morgan fingerprint density at radius 1 is 1.26 bits per heavy atom. The largest absolute Gasteiger partial charge is 0.379 e. The fourth-order valence-corrected chi connectivity index (χ4v) is 3.75. The monoisotopic (exact) mass is 395 g/mol. The van der Waals surface area contributed by atoms with Gasteiger partial charge in [0.2, 0.25) is 0 Å². The summed E-state index contributed by atoms with van der Waals surface area (Å²) in [4.78, 5) is 11.1. The van der Waals surface area contributed by atoms with Gasteiger partial charge in [0.25, 0.3) is 0 Å². The van der Waals surface area contributed by atoms with Crippen LogP contribution in [0.25, 0.3) is 0 Å². The summed E-state index contributed by atoms with van der Waals surface area (Å²) in [7, 11) is 1.82. The van der Waals surface area contributed by atoms with Crippen LogP contribution in [-0.2, 0) is 11.2 Å². The molecule has 1 aromatic rings. The summed E-state index contributed by atoms with van der Waals surface area (Å²) in [5.74, 6) is 1.52. The molecule has 6 nitrogen and oxygen atoms in total. The molecule has 0 radical (unpaired) electrons. The Hall–Kier alpha value is -1.37. The lowest BCUT2D eigenvalue weighted by Gasteiger charge is -2.39. The van der Waals surface area contributed by atoms with Gasteiger partial charge >= 0.3 is 0 Å². The summed E-state index contributed by atoms with van der Waals surface area (Å²) < 4.78 is 5.53. The first-order chi connectivity index (χ1) is 13.2. The Kier molecular flexibility index (Phi) is 9.87. The van der Waals surface area contributed by atoms with Crippen LogP contribution < -0.4 is 10.6 Å². The molecule has 0 amide bonds. The topological polar surface area (TPSA) is 61.8 Å². The molecule has 0 aliphatic carbocycles. The van der Waals surface area contributed by atoms with E-state index in [-0.39, 0.29) is 0 Å². The van der Waals surface area contributed by atoms with E-state index in [0.717, 1.165) is 57.3 Å². The van der Waals surface area contributed by atoms with E-state index in [1.54, 1.807) is 0 Å². The molecule has 2 N–H and O–H groups in total. The highest BCUT2D eigenvalue weighted by Crippen LogP contribution is 2.19. The van der Waals surface area contributed by atoms with Crippen molar-refractivity contribution in [3.63, 3.8) is 0 Å². The highest BCUT2D eigenvalue weighted by atomic mass is 35.5. The van der Waals surface area contributed by atoms with Crippen molar-refractivity contribution in [3.05, 3.63) is 29.0 Å². The van der Waals surface area contributed by atoms with Crippen LogP contribution in [-0.4, -0.2) is 68.3 Å². The SMILES string of the molecule is CCC(CC)C(CNC(=NC)NCCc1ccc(Cl)nc1)N1CCOCC1. The minimum atomic E-state index is 0.503. The maximum absolute atomic E-state index is 5.84. The van der Waals surface area contributed by atoms with Crippen LogP contribution in [0.5, 0.6) is 0 Å². The van der Waals surface area contributed by atoms with Crippen molar-refractivity contribution in [1.82, 2.24) is 20.5 Å². The van der Waals surface area contributed by atoms with Gasteiger partial charge in [-0.1, -0.05) is 44.4 Å². The van der Waals surface area contributed by atoms with Crippen LogP contribution in [0.4, 0.5) is 0 Å². The normalized spacial score (nSPS) is 17.1. The average molecular weight is 396 g/mol. The summed E-state index contributed by atoms with van der Waals surface area (Å²) in [6.07, 6.45) is 5.08. The van der Waals surface area contributed by atoms with E-state index in [1.165, 1.54) is 12.8 Å². The predicted octanol–water partition coefficient (Wildman–Crippen LogP) is 2.58. The molecule has 1 unspecified atom stereocenters. The second-order valence-electron chi connectivity index (χ2n) is 6.91. The summed E-state index contributed by atoms with van der Waals surface area (Å²) >= 11 is 5.84. The number of aromatic nitrogens is 1. The molecule has 0 bridgehead atoms. The number of hydrogen-bond donors (Lipinski definition) is 2. The number of rotatable bonds is 9. The van der Waals surface area contributed by atoms with Crippen molar-refractivity contribution in [3.8, 4) is 0 Å². The minimum Gasteiger partial charge on any atom is -0.379 e. The van der Waals surface area contributed by atoms with Crippen molar-refractivity contribution >= 4 is 17.6 Å². The second-order valence-corrected chi connectivity index (χ2v) is 7.30. The molecule has 1 aliphatic heterocycles. The number of halogens is 1. The number of guanidine groups is 1. The first-order valence-corrected chi connectivity index (χ1v) is 10.4. The van der Waals surface area contributed by atoms with Gasteiger partial charge in [0, 0.05) is 45.5 Å². The standard InChI is InChI=1S/C20H34ClN5O/c1-4-17(5-2)18(26-10-12-27-13-11-26)15-25-20(22-3)23-9-8-16-6-7-19(21)24-14-16/h6-7,14,17-18H,4-5,8-13,15H2,1-3H3,(H2,22,23,25). The number of morpholine rings is 1. The summed E-state index contributed by atoms with van der Waals surface area (Å²) in [6, 6.07) is 4.34. The van der Waals surface area contributed by atoms with Crippen molar-refractivity contribution in [2.45, 2.75) is 39.2 Å². The Balaban J connectivity index is 1.84. The smallest absolute Gasteiger partial charge is 0.191 e. The highest BCUT2D eigenvalue weighted by molar-refractivity contribution is 6.29. The molecule has 1 atom stereocenters. The molecular weight excluding hydrogens is 362 g/mol. The number of pyridine rings is 1. The van der Waals surface area contributed by atoms with E-state index in [1.807, 2.05) is 25.4 Å². The summed E-state index contributed by atoms with van der Waals surface area (Å²) in [6.45, 7) is 9.96. The van der Waals surface area contributed by atoms with Crippen LogP contribution in [0.15, 0.2) is 23.3 Å². The van der Waals surface area contributed by atoms with Gasteiger partial charge in [-0.25, -0.2) is 4.98 Å². The third-order valence-corrected chi connectivity index (χ3v) is 5.53. The molecule has 1 fully saturated rings. The van der Waals surface area contributed by atoms with Crippen LogP contribution in [0.2, 0.25) is 5.15 Å². The van der Waals surface area contributed by atoms with E-state index in [0.29, 0.717) is 17.1 Å². The van der Waals surface area contributed by atoms with Crippen LogP contribution in [0.1, 0.15) is 32.3 Å². The fraction of sp³-hybridized carbons (Fsp3) is 0.700. The molecular formula is C20H34ClN5O. The second kappa shape index (κ2) is 12.2. The predicted molar refractivity (Wildman–Crippen MR) is 113 cm³/mol. The van der Waals surface area contributed by atoms with Crippen molar-refractivity contribution < 1.29 is 4.74 Å². The molecule has 27 heavy (non-hydrogen) atoms. The number of nitrogens with zero attached hydrogens (tertiary/aromatic N) is 3. The Labute approximate surface area is 168 Å². The quantitative estimate of drug-likeness (QED) is 0.382. The first kappa shape index (κ1) is 21.9. The fourth-order valence-electron chi connectivity index (χ4n) is 3.64. The number of ether oxygens (including phenoxy) is 1. The van der Waals surface area contributed by atoms with Crippen LogP contribution in [0, 0.1) is 5.92 Å². The van der Waals surface area contributed by atoms with E-state index in [2.05, 4.69) is 39.4 Å². The van der Waals surface area contributed by atoms with Gasteiger partial charge in [0.1, 0.15) is 5.15 Å². The van der Waals surface area contributed by atoms with Crippen molar-refractivity contribution in [2.75, 3.05) is 46.4 Å². The molecule has 1 aliphatic rings. The molecule has 1 saturated heterocycles. The van der Waals surface area contributed by atoms with Gasteiger partial charge in [0.15, 0.2) is 5.96 Å². The van der Waals surface area contributed by atoms with Gasteiger partial charge in [-0.3, -0.25) is 9.89 Å². The average Bonchev–Trinajstić information content (AvgIpc) is 2.71. The highest BCUT2D eigenvalue weighted by Gasteiger charge is 2.26. The number of aliphatic imine (C=N–C) groups is 1. The summed E-state index contributed by atoms with van der Waals surface area (Å²) in [5.41, 5.74) is 1.16. The van der Waals surface area contributed by atoms with Gasteiger partial charge in [0.05, 0.1) is 13.2 Å². The van der Waals surface area contributed by atoms with E-state index in [4.69, 9.17) is 16.3 Å². The number of hydrogen-bond acceptors (Lipinski definition) is 4. The van der Waals surface area contributed by atoms with Crippen molar-refractivity contribution in [1.29, 1.82) is 0 Å². The molecule has 0 saturated carbocycles. The van der Waals surface area contributed by atoms with Crippen LogP contribution >= 0.6 is 11.6 Å². The van der Waals surface area contributed by atoms with Gasteiger partial charge < -0.3 is 15.4 Å². The molecule has 152 valence electrons. The lowest BCUT2D eigenvalue weighted by Crippen LogP contribution is -2.53. The number of nitrogens with one attached hydrogen (secondary N) is 2. The third kappa shape index (κ3) is 7.28. The zero-order valence-corrected chi connectivity index (χ0v) is 17.6. The lowest BCUT2D eigenvalue weighted by atomic mass is 9.92. The minimum absolute atomic E-state index is 0.503. The Bertz CT molecular complexity index is 556. The lowest BCUT2D eigenvalue weighted by molar-refractivity contribution is 0.00272. The first-order valence-electron chi connectivity index (χ1n) is 10.0. The van der Waals surface area contributed by atoms with E-state index >= 15 is 0 Å². The van der Waals surface area contributed by atoms with Gasteiger partial charge in [-0.05, 0) is 24.0 Å². The summed E-state index contributed by atoms with van der Waals surface area (Å²) in [5, 5.41) is 7.46. The maximum Gasteiger partial charge on any atom is 0.191 e. The van der Waals surface area contributed by atoms with E-state index in [9.17, 15) is 0 Å². The molecule has 7 heteroatoms. The van der Waals surface area contributed by atoms with Gasteiger partial charge in [-0.15, -0.1) is 0 Å². The molecule has 0 aromatic carbocycles. The zero-order valence-electron chi connectivity index (χ0n) is 16.9. The third-order valence-electron chi connectivity index (χ3n) is 5.30. The zero-order chi connectivity index (χ0) is 19.5. The van der Waals surface area contributed by atoms with Crippen LogP contribution in [0.3, 0.4) is 0 Å². The van der Waals surface area contributed by atoms with E-state index < -0.39 is 0 Å². The Morgan fingerprint density at radius 3 is 2.59 bits per heavy atom.